The zero-order valence-corrected chi connectivity index (χ0v) is 19.6. The van der Waals surface area contributed by atoms with Gasteiger partial charge in [0.05, 0.1) is 28.8 Å². The van der Waals surface area contributed by atoms with E-state index in [-0.39, 0.29) is 11.9 Å². The highest BCUT2D eigenvalue weighted by Gasteiger charge is 2.24. The molecule has 1 aliphatic heterocycles. The van der Waals surface area contributed by atoms with Crippen LogP contribution in [0.4, 0.5) is 5.82 Å². The number of aromatic nitrogens is 3. The molecule has 1 saturated heterocycles. The summed E-state index contributed by atoms with van der Waals surface area (Å²) in [5.41, 5.74) is 9.72. The van der Waals surface area contributed by atoms with Crippen LogP contribution in [0.25, 0.3) is 22.4 Å². The Morgan fingerprint density at radius 1 is 1.39 bits per heavy atom. The number of aryl methyl sites for hydroxylation is 1. The topological polar surface area (TPSA) is 103 Å². The highest BCUT2D eigenvalue weighted by Crippen LogP contribution is 2.32. The summed E-state index contributed by atoms with van der Waals surface area (Å²) in [7, 11) is 4.55. The molecule has 164 valence electrons. The van der Waals surface area contributed by atoms with E-state index >= 15 is 0 Å². The number of hydrogen-bond acceptors (Lipinski definition) is 6. The summed E-state index contributed by atoms with van der Waals surface area (Å²) in [6.07, 6.45) is 2.94. The monoisotopic (exact) mass is 459 g/mol. The van der Waals surface area contributed by atoms with Crippen molar-refractivity contribution in [2.75, 3.05) is 30.8 Å². The molecule has 2 atom stereocenters. The molecule has 0 bridgehead atoms. The first kappa shape index (κ1) is 23.3. The third-order valence-electron chi connectivity index (χ3n) is 4.89. The van der Waals surface area contributed by atoms with Gasteiger partial charge < -0.3 is 14.2 Å². The molecule has 4 rings (SSSR count). The van der Waals surface area contributed by atoms with Crippen molar-refractivity contribution >= 4 is 43.5 Å². The third-order valence-corrected chi connectivity index (χ3v) is 5.19. The predicted octanol–water partition coefficient (Wildman–Crippen LogP) is 4.77. The molecule has 2 aromatic heterocycles. The third kappa shape index (κ3) is 5.45. The van der Waals surface area contributed by atoms with Gasteiger partial charge in [-0.15, -0.1) is 14.4 Å². The van der Waals surface area contributed by atoms with Gasteiger partial charge in [0.1, 0.15) is 17.5 Å². The summed E-state index contributed by atoms with van der Waals surface area (Å²) in [5.74, 6) is 1.58. The van der Waals surface area contributed by atoms with Crippen molar-refractivity contribution in [1.29, 1.82) is 10.9 Å². The Labute approximate surface area is 189 Å². The molecular formula is C21H27ClN7OP. The van der Waals surface area contributed by atoms with Crippen LogP contribution in [0.3, 0.4) is 0 Å². The highest BCUT2D eigenvalue weighted by atomic mass is 35.5. The van der Waals surface area contributed by atoms with Gasteiger partial charge in [-0.2, -0.15) is 0 Å². The van der Waals surface area contributed by atoms with Gasteiger partial charge in [-0.25, -0.2) is 15.5 Å². The number of benzene rings is 1. The van der Waals surface area contributed by atoms with Crippen molar-refractivity contribution in [1.82, 2.24) is 14.5 Å². The average Bonchev–Trinajstić information content (AvgIpc) is 3.11. The molecule has 3 heterocycles. The second kappa shape index (κ2) is 10.8. The average molecular weight is 460 g/mol. The highest BCUT2D eigenvalue weighted by molar-refractivity contribution is 7.16. The Kier molecular flexibility index (Phi) is 8.07. The first-order chi connectivity index (χ1) is 15.0. The first-order valence-corrected chi connectivity index (χ1v) is 11.3. The lowest BCUT2D eigenvalue weighted by molar-refractivity contribution is 0.0450. The molecule has 0 spiro atoms. The van der Waals surface area contributed by atoms with Gasteiger partial charge in [0.15, 0.2) is 0 Å². The van der Waals surface area contributed by atoms with Crippen LogP contribution in [0.1, 0.15) is 13.3 Å². The summed E-state index contributed by atoms with van der Waals surface area (Å²) in [6.45, 7) is 3.89. The van der Waals surface area contributed by atoms with Gasteiger partial charge >= 0.3 is 0 Å². The number of pyridine rings is 1. The van der Waals surface area contributed by atoms with Gasteiger partial charge in [0.2, 0.25) is 0 Å². The number of morpholine rings is 1. The molecule has 0 aliphatic carbocycles. The standard InChI is InChI=1S/C19H20ClN7O.C2H7P/c1-26-16-5-3-2-4-15(16)24-19(26)13-9-18(23-10-14(13)20)27-6-7-28-12(11-27)8-17(21)25-22;1-2-3/h2-5,9-10,12,21-22H,6-8,11H2,1H3;2-3H2,1H3. The van der Waals surface area contributed by atoms with E-state index < -0.39 is 0 Å². The Morgan fingerprint density at radius 2 is 2.13 bits per heavy atom. The molecule has 31 heavy (non-hydrogen) atoms. The van der Waals surface area contributed by atoms with E-state index in [4.69, 9.17) is 32.3 Å². The summed E-state index contributed by atoms with van der Waals surface area (Å²) in [6, 6.07) is 9.91. The maximum atomic E-state index is 7.60. The van der Waals surface area contributed by atoms with Crippen LogP contribution >= 0.6 is 20.8 Å². The molecule has 2 unspecified atom stereocenters. The van der Waals surface area contributed by atoms with E-state index in [0.717, 1.165) is 28.2 Å². The van der Waals surface area contributed by atoms with E-state index in [9.17, 15) is 0 Å². The van der Waals surface area contributed by atoms with Gasteiger partial charge in [-0.05, 0) is 24.4 Å². The molecule has 8 nitrogen and oxygen atoms in total. The van der Waals surface area contributed by atoms with Crippen LogP contribution in [0.2, 0.25) is 5.02 Å². The maximum absolute atomic E-state index is 7.60. The summed E-state index contributed by atoms with van der Waals surface area (Å²) in [4.78, 5) is 11.3. The number of amidine groups is 1. The van der Waals surface area contributed by atoms with Crippen LogP contribution in [0, 0.1) is 10.9 Å². The molecule has 0 amide bonds. The number of nitrogens with one attached hydrogen (secondary N) is 2. The van der Waals surface area contributed by atoms with E-state index in [1.807, 2.05) is 41.9 Å². The fraction of sp³-hybridized carbons (Fsp3) is 0.381. The molecule has 0 saturated carbocycles. The van der Waals surface area contributed by atoms with Crippen molar-refractivity contribution in [3.05, 3.63) is 41.6 Å². The summed E-state index contributed by atoms with van der Waals surface area (Å²) in [5, 5.41) is 11.3. The van der Waals surface area contributed by atoms with Crippen molar-refractivity contribution in [2.24, 2.45) is 12.2 Å². The van der Waals surface area contributed by atoms with E-state index in [0.29, 0.717) is 31.1 Å². The first-order valence-electron chi connectivity index (χ1n) is 10.1. The van der Waals surface area contributed by atoms with Crippen molar-refractivity contribution < 1.29 is 4.74 Å². The Balaban J connectivity index is 0.000000858. The zero-order valence-electron chi connectivity index (χ0n) is 17.7. The number of halogens is 1. The lowest BCUT2D eigenvalue weighted by Gasteiger charge is -2.33. The predicted molar refractivity (Wildman–Crippen MR) is 129 cm³/mol. The molecule has 0 radical (unpaired) electrons. The number of para-hydroxylation sites is 2. The fourth-order valence-corrected chi connectivity index (χ4v) is 3.66. The van der Waals surface area contributed by atoms with Gasteiger partial charge in [-0.1, -0.05) is 30.7 Å². The minimum Gasteiger partial charge on any atom is -0.374 e. The lowest BCUT2D eigenvalue weighted by atomic mass is 10.1. The minimum absolute atomic E-state index is 0.0105. The quantitative estimate of drug-likeness (QED) is 0.254. The largest absolute Gasteiger partial charge is 0.374 e. The number of ether oxygens (including phenoxy) is 1. The van der Waals surface area contributed by atoms with E-state index in [1.54, 1.807) is 6.20 Å². The van der Waals surface area contributed by atoms with E-state index in [1.165, 1.54) is 6.16 Å². The van der Waals surface area contributed by atoms with Gasteiger partial charge in [0, 0.05) is 38.3 Å². The van der Waals surface area contributed by atoms with Gasteiger partial charge in [0.25, 0.3) is 0 Å². The van der Waals surface area contributed by atoms with Crippen LogP contribution in [0.5, 0.6) is 0 Å². The van der Waals surface area contributed by atoms with Crippen molar-refractivity contribution in [3.63, 3.8) is 0 Å². The molecule has 1 aromatic carbocycles. The number of rotatable bonds is 4. The van der Waals surface area contributed by atoms with Crippen molar-refractivity contribution in [2.45, 2.75) is 19.4 Å². The Bertz CT molecular complexity index is 1070. The Morgan fingerprint density at radius 3 is 2.84 bits per heavy atom. The normalized spacial score (nSPS) is 16.0. The van der Waals surface area contributed by atoms with Gasteiger partial charge in [-0.3, -0.25) is 5.41 Å². The second-order valence-corrected chi connectivity index (χ2v) is 8.34. The minimum atomic E-state index is -0.188. The summed E-state index contributed by atoms with van der Waals surface area (Å²) >= 11 is 6.47. The number of nitrogens with zero attached hydrogens (tertiary/aromatic N) is 5. The molecule has 3 aromatic rings. The lowest BCUT2D eigenvalue weighted by Crippen LogP contribution is -2.43. The van der Waals surface area contributed by atoms with Crippen LogP contribution in [-0.2, 0) is 11.8 Å². The number of fused-ring (bicyclic) bond motifs is 1. The SMILES string of the molecule is CCP.Cn1c(-c2cc(N3CCOC(CC(=N)N=N)C3)ncc2Cl)nc2ccccc21. The fourth-order valence-electron chi connectivity index (χ4n) is 3.47. The zero-order chi connectivity index (χ0) is 22.4. The molecule has 1 aliphatic rings. The second-order valence-electron chi connectivity index (χ2n) is 7.12. The number of hydrogen-bond donors (Lipinski definition) is 2. The molecular weight excluding hydrogens is 433 g/mol. The van der Waals surface area contributed by atoms with E-state index in [2.05, 4.69) is 31.2 Å². The number of imidazole rings is 1. The molecule has 10 heteroatoms. The molecule has 1 fully saturated rings. The number of anilines is 1. The maximum Gasteiger partial charge on any atom is 0.145 e. The van der Waals surface area contributed by atoms with Crippen LogP contribution in [0.15, 0.2) is 41.6 Å². The molecule has 2 N–H and O–H groups in total. The Hall–Kier alpha value is -2.41. The van der Waals surface area contributed by atoms with Crippen molar-refractivity contribution in [3.8, 4) is 11.4 Å². The van der Waals surface area contributed by atoms with Crippen LogP contribution < -0.4 is 4.90 Å². The smallest absolute Gasteiger partial charge is 0.145 e. The van der Waals surface area contributed by atoms with Crippen LogP contribution in [-0.4, -0.2) is 52.3 Å². The summed E-state index contributed by atoms with van der Waals surface area (Å²) < 4.78 is 7.73.